The molecule has 1 aromatic heterocycles. The van der Waals surface area contributed by atoms with Gasteiger partial charge in [-0.05, 0) is 56.6 Å². The lowest BCUT2D eigenvalue weighted by molar-refractivity contribution is 0.0953. The summed E-state index contributed by atoms with van der Waals surface area (Å²) in [4.78, 5) is 14.4. The van der Waals surface area contributed by atoms with Crippen molar-refractivity contribution < 1.29 is 9.90 Å². The number of rotatable bonds is 6. The third-order valence-electron chi connectivity index (χ3n) is 4.07. The molecule has 0 radical (unpaired) electrons. The highest BCUT2D eigenvalue weighted by Gasteiger charge is 2.21. The first-order chi connectivity index (χ1) is 9.60. The van der Waals surface area contributed by atoms with Gasteiger partial charge in [-0.3, -0.25) is 4.79 Å². The zero-order chi connectivity index (χ0) is 14.5. The topological polar surface area (TPSA) is 49.3 Å². The molecule has 0 aromatic carbocycles. The third kappa shape index (κ3) is 4.06. The summed E-state index contributed by atoms with van der Waals surface area (Å²) >= 11 is 1.66. The quantitative estimate of drug-likeness (QED) is 0.792. The van der Waals surface area contributed by atoms with Crippen molar-refractivity contribution in [3.8, 4) is 0 Å². The summed E-state index contributed by atoms with van der Waals surface area (Å²) in [6, 6.07) is 2.09. The van der Waals surface area contributed by atoms with Crippen molar-refractivity contribution in [1.82, 2.24) is 5.32 Å². The fourth-order valence-corrected chi connectivity index (χ4v) is 3.87. The number of aryl methyl sites for hydroxylation is 1. The summed E-state index contributed by atoms with van der Waals surface area (Å²) in [5, 5.41) is 12.1. The Morgan fingerprint density at radius 3 is 3.10 bits per heavy atom. The molecule has 1 heterocycles. The lowest BCUT2D eigenvalue weighted by Gasteiger charge is -2.19. The zero-order valence-electron chi connectivity index (χ0n) is 12.4. The van der Waals surface area contributed by atoms with E-state index in [9.17, 15) is 9.90 Å². The minimum atomic E-state index is -0.285. The fraction of sp³-hybridized carbons (Fsp3) is 0.688. The third-order valence-corrected chi connectivity index (χ3v) is 5.31. The molecule has 1 aliphatic rings. The van der Waals surface area contributed by atoms with Gasteiger partial charge in [-0.15, -0.1) is 11.3 Å². The Balaban J connectivity index is 1.87. The molecule has 3 nitrogen and oxygen atoms in total. The summed E-state index contributed by atoms with van der Waals surface area (Å²) < 4.78 is 0. The van der Waals surface area contributed by atoms with Crippen LogP contribution in [0.1, 0.15) is 59.6 Å². The highest BCUT2D eigenvalue weighted by molar-refractivity contribution is 7.14. The van der Waals surface area contributed by atoms with Crippen molar-refractivity contribution in [3.05, 3.63) is 21.4 Å². The molecule has 2 N–H and O–H groups in total. The molecule has 0 saturated carbocycles. The molecule has 2 unspecified atom stereocenters. The molecule has 0 aliphatic heterocycles. The first-order valence-corrected chi connectivity index (χ1v) is 8.49. The Morgan fingerprint density at radius 1 is 1.60 bits per heavy atom. The van der Waals surface area contributed by atoms with Crippen molar-refractivity contribution in [2.75, 3.05) is 6.54 Å². The van der Waals surface area contributed by atoms with E-state index in [1.165, 1.54) is 23.3 Å². The van der Waals surface area contributed by atoms with Crippen molar-refractivity contribution in [2.24, 2.45) is 5.92 Å². The first-order valence-electron chi connectivity index (χ1n) is 7.68. The van der Waals surface area contributed by atoms with Gasteiger partial charge in [0.1, 0.15) is 0 Å². The van der Waals surface area contributed by atoms with E-state index in [1.54, 1.807) is 18.3 Å². The molecule has 0 fully saturated rings. The van der Waals surface area contributed by atoms with Crippen molar-refractivity contribution in [2.45, 2.75) is 58.5 Å². The van der Waals surface area contributed by atoms with Gasteiger partial charge in [0.15, 0.2) is 0 Å². The highest BCUT2D eigenvalue weighted by Crippen LogP contribution is 2.33. The van der Waals surface area contributed by atoms with Crippen LogP contribution < -0.4 is 5.32 Å². The van der Waals surface area contributed by atoms with E-state index in [1.807, 2.05) is 0 Å². The van der Waals surface area contributed by atoms with Crippen LogP contribution in [0.25, 0.3) is 0 Å². The van der Waals surface area contributed by atoms with Crippen LogP contribution in [0.2, 0.25) is 0 Å². The van der Waals surface area contributed by atoms with Crippen LogP contribution in [-0.4, -0.2) is 23.7 Å². The average molecular weight is 295 g/mol. The van der Waals surface area contributed by atoms with E-state index in [0.717, 1.165) is 36.5 Å². The maximum Gasteiger partial charge on any atom is 0.261 e. The monoisotopic (exact) mass is 295 g/mol. The SMILES string of the molecule is CCC1CCc2sc(C(=O)NCCCC(C)O)cc2C1. The Morgan fingerprint density at radius 2 is 2.40 bits per heavy atom. The lowest BCUT2D eigenvalue weighted by Crippen LogP contribution is -2.24. The number of nitrogens with one attached hydrogen (secondary N) is 1. The Kier molecular flexibility index (Phi) is 5.61. The fourth-order valence-electron chi connectivity index (χ4n) is 2.75. The average Bonchev–Trinajstić information content (AvgIpc) is 2.85. The predicted octanol–water partition coefficient (Wildman–Crippen LogP) is 3.15. The standard InChI is InChI=1S/C16H25NO2S/c1-3-12-6-7-14-13(9-12)10-15(20-14)16(19)17-8-4-5-11(2)18/h10-12,18H,3-9H2,1-2H3,(H,17,19). The number of hydrogen-bond donors (Lipinski definition) is 2. The van der Waals surface area contributed by atoms with Crippen molar-refractivity contribution in [1.29, 1.82) is 0 Å². The summed E-state index contributed by atoms with van der Waals surface area (Å²) in [7, 11) is 0. The second-order valence-electron chi connectivity index (χ2n) is 5.82. The summed E-state index contributed by atoms with van der Waals surface area (Å²) in [6.07, 6.45) is 6.04. The second-order valence-corrected chi connectivity index (χ2v) is 6.96. The van der Waals surface area contributed by atoms with Gasteiger partial charge in [0.05, 0.1) is 11.0 Å². The number of carbonyl (C=O) groups is 1. The number of hydrogen-bond acceptors (Lipinski definition) is 3. The minimum absolute atomic E-state index is 0.0445. The largest absolute Gasteiger partial charge is 0.393 e. The molecular weight excluding hydrogens is 270 g/mol. The lowest BCUT2D eigenvalue weighted by atomic mass is 9.87. The normalized spacial score (nSPS) is 19.4. The van der Waals surface area contributed by atoms with Gasteiger partial charge in [0, 0.05) is 11.4 Å². The maximum absolute atomic E-state index is 12.1. The molecule has 0 bridgehead atoms. The van der Waals surface area contributed by atoms with E-state index in [4.69, 9.17) is 0 Å². The van der Waals surface area contributed by atoms with Crippen LogP contribution in [0, 0.1) is 5.92 Å². The predicted molar refractivity (Wildman–Crippen MR) is 83.4 cm³/mol. The maximum atomic E-state index is 12.1. The van der Waals surface area contributed by atoms with Crippen LogP contribution >= 0.6 is 11.3 Å². The van der Waals surface area contributed by atoms with Gasteiger partial charge in [-0.2, -0.15) is 0 Å². The van der Waals surface area contributed by atoms with E-state index in [2.05, 4.69) is 18.3 Å². The molecule has 2 atom stereocenters. The summed E-state index contributed by atoms with van der Waals surface area (Å²) in [5.41, 5.74) is 1.39. The molecular formula is C16H25NO2S. The number of fused-ring (bicyclic) bond motifs is 1. The second kappa shape index (κ2) is 7.23. The zero-order valence-corrected chi connectivity index (χ0v) is 13.3. The van der Waals surface area contributed by atoms with Crippen LogP contribution in [0.3, 0.4) is 0 Å². The summed E-state index contributed by atoms with van der Waals surface area (Å²) in [5.74, 6) is 0.835. The van der Waals surface area contributed by atoms with Crippen LogP contribution in [0.15, 0.2) is 6.07 Å². The van der Waals surface area contributed by atoms with Gasteiger partial charge in [0.25, 0.3) is 5.91 Å². The van der Waals surface area contributed by atoms with Gasteiger partial charge in [-0.1, -0.05) is 13.3 Å². The number of aliphatic hydroxyl groups is 1. The molecule has 112 valence electrons. The van der Waals surface area contributed by atoms with E-state index < -0.39 is 0 Å². The van der Waals surface area contributed by atoms with E-state index >= 15 is 0 Å². The van der Waals surface area contributed by atoms with Crippen molar-refractivity contribution in [3.63, 3.8) is 0 Å². The van der Waals surface area contributed by atoms with Gasteiger partial charge in [-0.25, -0.2) is 0 Å². The number of thiophene rings is 1. The Hall–Kier alpha value is -0.870. The van der Waals surface area contributed by atoms with Crippen molar-refractivity contribution >= 4 is 17.2 Å². The van der Waals surface area contributed by atoms with E-state index in [0.29, 0.717) is 6.54 Å². The molecule has 0 spiro atoms. The Labute approximate surface area is 125 Å². The number of carbonyl (C=O) groups excluding carboxylic acids is 1. The molecule has 2 rings (SSSR count). The van der Waals surface area contributed by atoms with Gasteiger partial charge < -0.3 is 10.4 Å². The Bertz CT molecular complexity index is 453. The molecule has 0 saturated heterocycles. The molecule has 1 aromatic rings. The molecule has 20 heavy (non-hydrogen) atoms. The number of amides is 1. The van der Waals surface area contributed by atoms with Gasteiger partial charge in [0.2, 0.25) is 0 Å². The smallest absolute Gasteiger partial charge is 0.261 e. The van der Waals surface area contributed by atoms with Crippen LogP contribution in [0.4, 0.5) is 0 Å². The first kappa shape index (κ1) is 15.5. The molecule has 1 aliphatic carbocycles. The van der Waals surface area contributed by atoms with Gasteiger partial charge >= 0.3 is 0 Å². The van der Waals surface area contributed by atoms with Crippen LogP contribution in [-0.2, 0) is 12.8 Å². The van der Waals surface area contributed by atoms with E-state index in [-0.39, 0.29) is 12.0 Å². The minimum Gasteiger partial charge on any atom is -0.393 e. The molecule has 1 amide bonds. The summed E-state index contributed by atoms with van der Waals surface area (Å²) in [6.45, 7) is 4.67. The molecule has 4 heteroatoms. The highest BCUT2D eigenvalue weighted by atomic mass is 32.1. The number of aliphatic hydroxyl groups excluding tert-OH is 1. The van der Waals surface area contributed by atoms with Crippen LogP contribution in [0.5, 0.6) is 0 Å².